The molecule has 0 aromatic carbocycles. The summed E-state index contributed by atoms with van der Waals surface area (Å²) in [5.74, 6) is -0.392. The lowest BCUT2D eigenvalue weighted by molar-refractivity contribution is -0.154. The first-order valence-electron chi connectivity index (χ1n) is 6.11. The Balaban J connectivity index is 2.89. The molecule has 0 aliphatic carbocycles. The van der Waals surface area contributed by atoms with Crippen LogP contribution >= 0.6 is 37.9 Å². The lowest BCUT2D eigenvalue weighted by Gasteiger charge is -2.41. The van der Waals surface area contributed by atoms with Gasteiger partial charge in [0.15, 0.2) is 0 Å². The summed E-state index contributed by atoms with van der Waals surface area (Å²) in [6, 6.07) is 0. The Hall–Kier alpha value is -1.06. The van der Waals surface area contributed by atoms with Crippen molar-refractivity contribution in [3.8, 4) is 0 Å². The maximum Gasteiger partial charge on any atom is 0.249 e. The van der Waals surface area contributed by atoms with Gasteiger partial charge >= 0.3 is 0 Å². The zero-order valence-corrected chi connectivity index (χ0v) is 13.9. The lowest BCUT2D eigenvalue weighted by Crippen LogP contribution is -2.59. The van der Waals surface area contributed by atoms with Gasteiger partial charge < -0.3 is 14.7 Å². The number of carbonyl (C=O) groups excluding carboxylic acids is 3. The molecule has 1 rings (SSSR count). The Morgan fingerprint density at radius 3 is 1.67 bits per heavy atom. The molecule has 1 aliphatic heterocycles. The molecule has 3 amide bonds. The predicted octanol–water partition coefficient (Wildman–Crippen LogP) is 0.565. The number of nitrogens with zero attached hydrogens (tertiary/aromatic N) is 3. The third-order valence-electron chi connectivity index (χ3n) is 2.76. The van der Waals surface area contributed by atoms with Crippen molar-refractivity contribution in [2.75, 3.05) is 25.8 Å². The first-order valence-corrected chi connectivity index (χ1v) is 7.78. The molecule has 0 aromatic rings. The van der Waals surface area contributed by atoms with Crippen molar-refractivity contribution in [1.29, 1.82) is 0 Å². The molecule has 0 N–H and O–H groups in total. The molecule has 116 valence electrons. The van der Waals surface area contributed by atoms with Gasteiger partial charge in [0.2, 0.25) is 17.7 Å². The van der Waals surface area contributed by atoms with E-state index in [1.54, 1.807) is 0 Å². The van der Waals surface area contributed by atoms with E-state index in [1.165, 1.54) is 37.7 Å². The Bertz CT molecular complexity index is 436. The van der Waals surface area contributed by atoms with Gasteiger partial charge in [-0.2, -0.15) is 37.9 Å². The first-order chi connectivity index (χ1) is 10.0. The number of rotatable bonds is 4. The van der Waals surface area contributed by atoms with Crippen LogP contribution in [-0.2, 0) is 14.4 Å². The van der Waals surface area contributed by atoms with Gasteiger partial charge in [-0.1, -0.05) is 0 Å². The second-order valence-corrected chi connectivity index (χ2v) is 5.26. The van der Waals surface area contributed by atoms with Crippen molar-refractivity contribution in [3.63, 3.8) is 0 Å². The van der Waals surface area contributed by atoms with Crippen molar-refractivity contribution in [3.05, 3.63) is 23.0 Å². The van der Waals surface area contributed by atoms with Crippen LogP contribution in [0.1, 0.15) is 6.42 Å². The molecule has 0 radical (unpaired) electrons. The topological polar surface area (TPSA) is 60.9 Å². The fourth-order valence-electron chi connectivity index (χ4n) is 1.78. The average Bonchev–Trinajstić information content (AvgIpc) is 2.47. The van der Waals surface area contributed by atoms with Gasteiger partial charge in [0, 0.05) is 18.6 Å². The van der Waals surface area contributed by atoms with Crippen LogP contribution in [-0.4, -0.2) is 58.2 Å². The molecule has 0 unspecified atom stereocenters. The van der Waals surface area contributed by atoms with Crippen LogP contribution in [0.5, 0.6) is 0 Å². The molecule has 9 heteroatoms. The summed E-state index contributed by atoms with van der Waals surface area (Å²) < 4.78 is 0. The summed E-state index contributed by atoms with van der Waals surface area (Å²) in [5, 5.41) is 2.63. The van der Waals surface area contributed by atoms with E-state index < -0.39 is 0 Å². The second kappa shape index (κ2) is 9.06. The molecule has 1 fully saturated rings. The third kappa shape index (κ3) is 5.33. The number of hydrogen-bond donors (Lipinski definition) is 3. The van der Waals surface area contributed by atoms with E-state index in [2.05, 4.69) is 37.9 Å². The summed E-state index contributed by atoms with van der Waals surface area (Å²) in [6.45, 7) is 0.383. The second-order valence-electron chi connectivity index (χ2n) is 4.22. The molecule has 1 heterocycles. The van der Waals surface area contributed by atoms with Crippen LogP contribution < -0.4 is 0 Å². The summed E-state index contributed by atoms with van der Waals surface area (Å²) >= 11 is 11.7. The van der Waals surface area contributed by atoms with Crippen LogP contribution in [0.4, 0.5) is 0 Å². The fourth-order valence-corrected chi connectivity index (χ4v) is 2.23. The van der Waals surface area contributed by atoms with Crippen LogP contribution in [0.15, 0.2) is 23.0 Å². The van der Waals surface area contributed by atoms with Crippen molar-refractivity contribution < 1.29 is 14.4 Å². The van der Waals surface area contributed by atoms with Crippen molar-refractivity contribution >= 4 is 55.6 Å². The quantitative estimate of drug-likeness (QED) is 0.515. The number of amides is 3. The van der Waals surface area contributed by atoms with Crippen LogP contribution in [0.3, 0.4) is 0 Å². The summed E-state index contributed by atoms with van der Waals surface area (Å²) in [5.41, 5.74) is 0. The van der Waals surface area contributed by atoms with Crippen LogP contribution in [0.2, 0.25) is 0 Å². The Morgan fingerprint density at radius 2 is 1.29 bits per heavy atom. The van der Waals surface area contributed by atoms with E-state index in [0.29, 0.717) is 5.75 Å². The number of hydrogen-bond acceptors (Lipinski definition) is 6. The van der Waals surface area contributed by atoms with E-state index in [-0.39, 0.29) is 44.1 Å². The van der Waals surface area contributed by atoms with Gasteiger partial charge in [0.05, 0.1) is 20.0 Å². The highest BCUT2D eigenvalue weighted by Crippen LogP contribution is 2.11. The fraction of sp³-hybridized carbons (Fsp3) is 0.417. The van der Waals surface area contributed by atoms with Gasteiger partial charge in [-0.15, -0.1) is 0 Å². The molecule has 6 nitrogen and oxygen atoms in total. The van der Waals surface area contributed by atoms with E-state index in [1.807, 2.05) is 0 Å². The van der Waals surface area contributed by atoms with E-state index in [0.717, 1.165) is 0 Å². The summed E-state index contributed by atoms with van der Waals surface area (Å²) in [7, 11) is 0. The summed E-state index contributed by atoms with van der Waals surface area (Å²) in [6.07, 6.45) is 2.79. The Labute approximate surface area is 140 Å². The minimum Gasteiger partial charge on any atom is -0.307 e. The van der Waals surface area contributed by atoms with E-state index in [4.69, 9.17) is 0 Å². The minimum atomic E-state index is -0.318. The van der Waals surface area contributed by atoms with Crippen molar-refractivity contribution in [1.82, 2.24) is 14.7 Å². The van der Waals surface area contributed by atoms with Gasteiger partial charge in [-0.3, -0.25) is 14.4 Å². The molecule has 0 saturated carbocycles. The minimum absolute atomic E-state index is 0.110. The lowest BCUT2D eigenvalue weighted by atomic mass is 10.3. The van der Waals surface area contributed by atoms with Gasteiger partial charge in [-0.05, 0) is 16.6 Å². The van der Waals surface area contributed by atoms with Crippen LogP contribution in [0.25, 0.3) is 0 Å². The zero-order valence-electron chi connectivity index (χ0n) is 11.3. The molecular formula is C12H17N3O3S3. The molecule has 0 atom stereocenters. The highest BCUT2D eigenvalue weighted by atomic mass is 32.1. The molecule has 0 aromatic heterocycles. The van der Waals surface area contributed by atoms with Crippen molar-refractivity contribution in [2.24, 2.45) is 0 Å². The number of thiol groups is 3. The molecule has 21 heavy (non-hydrogen) atoms. The molecule has 1 aliphatic rings. The first kappa shape index (κ1) is 18.0. The average molecular weight is 347 g/mol. The maximum atomic E-state index is 12.0. The standard InChI is InChI=1S/C12H17N3O3S3/c16-10(1-4-19)13-7-14(11(17)2-5-20)9-15(8-13)12(18)3-6-21/h1-2,4-5,19-21H,3,6-9H2/b4-1+,5-2+. The molecular weight excluding hydrogens is 330 g/mol. The third-order valence-corrected chi connectivity index (χ3v) is 3.28. The van der Waals surface area contributed by atoms with Gasteiger partial charge in [0.25, 0.3) is 0 Å². The molecule has 0 bridgehead atoms. The van der Waals surface area contributed by atoms with Gasteiger partial charge in [0.1, 0.15) is 0 Å². The largest absolute Gasteiger partial charge is 0.307 e. The summed E-state index contributed by atoms with van der Waals surface area (Å²) in [4.78, 5) is 40.0. The Morgan fingerprint density at radius 1 is 0.857 bits per heavy atom. The number of carbonyl (C=O) groups is 3. The molecule has 1 saturated heterocycles. The Kier molecular flexibility index (Phi) is 7.76. The highest BCUT2D eigenvalue weighted by Gasteiger charge is 2.29. The zero-order chi connectivity index (χ0) is 15.8. The van der Waals surface area contributed by atoms with E-state index in [9.17, 15) is 14.4 Å². The van der Waals surface area contributed by atoms with Gasteiger partial charge in [-0.25, -0.2) is 0 Å². The van der Waals surface area contributed by atoms with Crippen molar-refractivity contribution in [2.45, 2.75) is 6.42 Å². The highest BCUT2D eigenvalue weighted by molar-refractivity contribution is 7.83. The van der Waals surface area contributed by atoms with Crippen LogP contribution in [0, 0.1) is 0 Å². The normalized spacial score (nSPS) is 16.0. The van der Waals surface area contributed by atoms with E-state index >= 15 is 0 Å². The smallest absolute Gasteiger partial charge is 0.249 e. The molecule has 0 spiro atoms. The predicted molar refractivity (Wildman–Crippen MR) is 89.9 cm³/mol. The SMILES string of the molecule is O=C(/C=C/S)N1CN(C(=O)/C=C/S)CN(C(=O)CCS)C1. The maximum absolute atomic E-state index is 12.0. The monoisotopic (exact) mass is 347 g/mol.